The molecule has 1 aromatic heterocycles. The molecule has 0 unspecified atom stereocenters. The van der Waals surface area contributed by atoms with Crippen LogP contribution in [0.2, 0.25) is 10.0 Å². The highest BCUT2D eigenvalue weighted by atomic mass is 35.5. The summed E-state index contributed by atoms with van der Waals surface area (Å²) in [5.41, 5.74) is 1.08. The molecule has 128 valence electrons. The Kier molecular flexibility index (Phi) is 5.80. The van der Waals surface area contributed by atoms with Crippen molar-refractivity contribution in [3.8, 4) is 0 Å². The van der Waals surface area contributed by atoms with Gasteiger partial charge in [-0.15, -0.1) is 0 Å². The van der Waals surface area contributed by atoms with Crippen LogP contribution in [-0.4, -0.2) is 29.6 Å². The Morgan fingerprint density at radius 2 is 2.00 bits per heavy atom. The van der Waals surface area contributed by atoms with Gasteiger partial charge in [0.1, 0.15) is 5.82 Å². The molecule has 0 radical (unpaired) electrons. The summed E-state index contributed by atoms with van der Waals surface area (Å²) >= 11 is 12.1. The summed E-state index contributed by atoms with van der Waals surface area (Å²) in [5, 5.41) is 4.72. The van der Waals surface area contributed by atoms with E-state index in [1.54, 1.807) is 6.07 Å². The van der Waals surface area contributed by atoms with Crippen molar-refractivity contribution < 1.29 is 0 Å². The zero-order valence-corrected chi connectivity index (χ0v) is 15.3. The van der Waals surface area contributed by atoms with E-state index < -0.39 is 0 Å². The van der Waals surface area contributed by atoms with E-state index in [-0.39, 0.29) is 0 Å². The Morgan fingerprint density at radius 3 is 2.75 bits per heavy atom. The van der Waals surface area contributed by atoms with Crippen molar-refractivity contribution >= 4 is 35.0 Å². The number of aromatic nitrogens is 2. The van der Waals surface area contributed by atoms with Gasteiger partial charge in [0.25, 0.3) is 0 Å². The number of halogens is 2. The maximum Gasteiger partial charge on any atom is 0.227 e. The van der Waals surface area contributed by atoms with E-state index in [1.165, 1.54) is 12.8 Å². The number of nitrogens with zero attached hydrogens (tertiary/aromatic N) is 3. The van der Waals surface area contributed by atoms with Crippen LogP contribution in [0.15, 0.2) is 30.5 Å². The third-order valence-corrected chi connectivity index (χ3v) is 5.01. The molecule has 3 rings (SSSR count). The topological polar surface area (TPSA) is 41.1 Å². The maximum atomic E-state index is 6.21. The molecule has 0 spiro atoms. The van der Waals surface area contributed by atoms with Gasteiger partial charge in [-0.3, -0.25) is 0 Å². The summed E-state index contributed by atoms with van der Waals surface area (Å²) in [7, 11) is 0. The third-order valence-electron chi connectivity index (χ3n) is 4.42. The van der Waals surface area contributed by atoms with Crippen molar-refractivity contribution in [1.29, 1.82) is 0 Å². The molecule has 1 aromatic carbocycles. The second-order valence-corrected chi connectivity index (χ2v) is 7.17. The molecule has 0 amide bonds. The van der Waals surface area contributed by atoms with E-state index in [0.717, 1.165) is 49.3 Å². The Bertz CT molecular complexity index is 684. The van der Waals surface area contributed by atoms with Gasteiger partial charge in [-0.2, -0.15) is 4.98 Å². The number of piperidine rings is 1. The van der Waals surface area contributed by atoms with Crippen LogP contribution in [0.4, 0.5) is 11.8 Å². The Balaban J connectivity index is 1.56. The standard InChI is InChI=1S/C18H22Cl2N4/c1-13-6-10-24(11-7-13)18-22-9-5-17(23-18)21-8-4-14-2-3-15(19)12-16(14)20/h2-3,5,9,12-13H,4,6-8,10-11H2,1H3,(H,21,22,23). The van der Waals surface area contributed by atoms with Gasteiger partial charge in [0.05, 0.1) is 0 Å². The predicted molar refractivity (Wildman–Crippen MR) is 101 cm³/mol. The smallest absolute Gasteiger partial charge is 0.227 e. The van der Waals surface area contributed by atoms with Crippen molar-refractivity contribution in [2.24, 2.45) is 5.92 Å². The van der Waals surface area contributed by atoms with E-state index in [4.69, 9.17) is 23.2 Å². The highest BCUT2D eigenvalue weighted by molar-refractivity contribution is 6.35. The SMILES string of the molecule is CC1CCN(c2nccc(NCCc3ccc(Cl)cc3Cl)n2)CC1. The van der Waals surface area contributed by atoms with E-state index in [0.29, 0.717) is 10.0 Å². The van der Waals surface area contributed by atoms with Gasteiger partial charge in [0.15, 0.2) is 0 Å². The number of hydrogen-bond donors (Lipinski definition) is 1. The average Bonchev–Trinajstić information content (AvgIpc) is 2.58. The van der Waals surface area contributed by atoms with Crippen molar-refractivity contribution in [2.75, 3.05) is 29.9 Å². The summed E-state index contributed by atoms with van der Waals surface area (Å²) in [6, 6.07) is 7.51. The third kappa shape index (κ3) is 4.52. The van der Waals surface area contributed by atoms with Gasteiger partial charge in [-0.05, 0) is 48.9 Å². The summed E-state index contributed by atoms with van der Waals surface area (Å²) in [6.07, 6.45) is 5.04. The molecule has 24 heavy (non-hydrogen) atoms. The first-order valence-corrected chi connectivity index (χ1v) is 9.13. The second kappa shape index (κ2) is 8.04. The molecule has 1 aliphatic rings. The van der Waals surface area contributed by atoms with Crippen molar-refractivity contribution in [2.45, 2.75) is 26.2 Å². The molecular formula is C18H22Cl2N4. The van der Waals surface area contributed by atoms with Crippen molar-refractivity contribution in [1.82, 2.24) is 9.97 Å². The quantitative estimate of drug-likeness (QED) is 0.836. The molecule has 1 saturated heterocycles. The monoisotopic (exact) mass is 364 g/mol. The van der Waals surface area contributed by atoms with Crippen LogP contribution in [0.5, 0.6) is 0 Å². The molecule has 0 atom stereocenters. The largest absolute Gasteiger partial charge is 0.370 e. The molecule has 4 nitrogen and oxygen atoms in total. The summed E-state index contributed by atoms with van der Waals surface area (Å²) in [5.74, 6) is 2.46. The lowest BCUT2D eigenvalue weighted by molar-refractivity contribution is 0.434. The normalized spacial score (nSPS) is 15.5. The highest BCUT2D eigenvalue weighted by Gasteiger charge is 2.18. The number of anilines is 2. The van der Waals surface area contributed by atoms with Crippen LogP contribution in [0.25, 0.3) is 0 Å². The van der Waals surface area contributed by atoms with E-state index in [2.05, 4.69) is 27.1 Å². The first-order valence-electron chi connectivity index (χ1n) is 8.37. The van der Waals surface area contributed by atoms with Gasteiger partial charge < -0.3 is 10.2 Å². The first-order chi connectivity index (χ1) is 11.6. The van der Waals surface area contributed by atoms with Crippen molar-refractivity contribution in [3.63, 3.8) is 0 Å². The van der Waals surface area contributed by atoms with Gasteiger partial charge in [0.2, 0.25) is 5.95 Å². The Hall–Kier alpha value is -1.52. The molecular weight excluding hydrogens is 343 g/mol. The summed E-state index contributed by atoms with van der Waals surface area (Å²) in [6.45, 7) is 5.13. The molecule has 1 fully saturated rings. The summed E-state index contributed by atoms with van der Waals surface area (Å²) in [4.78, 5) is 11.3. The van der Waals surface area contributed by atoms with E-state index in [9.17, 15) is 0 Å². The second-order valence-electron chi connectivity index (χ2n) is 6.32. The van der Waals surface area contributed by atoms with Gasteiger partial charge in [0, 0.05) is 35.9 Å². The first kappa shape index (κ1) is 17.3. The fraction of sp³-hybridized carbons (Fsp3) is 0.444. The van der Waals surface area contributed by atoms with Crippen molar-refractivity contribution in [3.05, 3.63) is 46.1 Å². The minimum absolute atomic E-state index is 0.660. The maximum absolute atomic E-state index is 6.21. The van der Waals surface area contributed by atoms with E-state index in [1.807, 2.05) is 24.4 Å². The fourth-order valence-electron chi connectivity index (χ4n) is 2.86. The lowest BCUT2D eigenvalue weighted by Gasteiger charge is -2.30. The molecule has 6 heteroatoms. The summed E-state index contributed by atoms with van der Waals surface area (Å²) < 4.78 is 0. The molecule has 0 aliphatic carbocycles. The number of hydrogen-bond acceptors (Lipinski definition) is 4. The molecule has 2 aromatic rings. The van der Waals surface area contributed by atoms with Gasteiger partial charge in [-0.25, -0.2) is 4.98 Å². The lowest BCUT2D eigenvalue weighted by Crippen LogP contribution is -2.34. The molecule has 2 heterocycles. The van der Waals surface area contributed by atoms with Crippen LogP contribution in [-0.2, 0) is 6.42 Å². The minimum atomic E-state index is 0.660. The van der Waals surface area contributed by atoms with Crippen LogP contribution in [0.1, 0.15) is 25.3 Å². The number of benzene rings is 1. The Labute approximate surface area is 153 Å². The van der Waals surface area contributed by atoms with Crippen LogP contribution in [0.3, 0.4) is 0 Å². The fourth-order valence-corrected chi connectivity index (χ4v) is 3.36. The zero-order valence-electron chi connectivity index (χ0n) is 13.8. The Morgan fingerprint density at radius 1 is 1.21 bits per heavy atom. The van der Waals surface area contributed by atoms with Gasteiger partial charge >= 0.3 is 0 Å². The van der Waals surface area contributed by atoms with Crippen LogP contribution < -0.4 is 10.2 Å². The molecule has 0 saturated carbocycles. The average molecular weight is 365 g/mol. The van der Waals surface area contributed by atoms with Crippen LogP contribution in [0, 0.1) is 5.92 Å². The van der Waals surface area contributed by atoms with Crippen LogP contribution >= 0.6 is 23.2 Å². The van der Waals surface area contributed by atoms with E-state index >= 15 is 0 Å². The predicted octanol–water partition coefficient (Wildman–Crippen LogP) is 4.67. The zero-order chi connectivity index (χ0) is 16.9. The molecule has 0 bridgehead atoms. The number of nitrogens with one attached hydrogen (secondary N) is 1. The molecule has 1 N–H and O–H groups in total. The minimum Gasteiger partial charge on any atom is -0.370 e. The lowest BCUT2D eigenvalue weighted by atomic mass is 10.00. The highest BCUT2D eigenvalue weighted by Crippen LogP contribution is 2.22. The molecule has 1 aliphatic heterocycles. The number of rotatable bonds is 5. The van der Waals surface area contributed by atoms with Gasteiger partial charge in [-0.1, -0.05) is 36.2 Å².